The summed E-state index contributed by atoms with van der Waals surface area (Å²) in [6.45, 7) is 6.80. The van der Waals surface area contributed by atoms with Gasteiger partial charge in [0.15, 0.2) is 5.16 Å². The zero-order valence-electron chi connectivity index (χ0n) is 18.0. The van der Waals surface area contributed by atoms with Crippen LogP contribution in [0.1, 0.15) is 36.0 Å². The van der Waals surface area contributed by atoms with Crippen LogP contribution in [0.2, 0.25) is 0 Å². The van der Waals surface area contributed by atoms with Gasteiger partial charge in [-0.05, 0) is 43.9 Å². The average Bonchev–Trinajstić information content (AvgIpc) is 3.52. The highest BCUT2D eigenvalue weighted by molar-refractivity contribution is 7.99. The summed E-state index contributed by atoms with van der Waals surface area (Å²) in [4.78, 5) is 44.6. The van der Waals surface area contributed by atoms with Crippen LogP contribution in [0.5, 0.6) is 0 Å². The molecular weight excluding hydrogens is 428 g/mol. The molecule has 2 aromatic rings. The molecule has 2 aliphatic rings. The summed E-state index contributed by atoms with van der Waals surface area (Å²) in [5, 5.41) is 3.77. The van der Waals surface area contributed by atoms with Gasteiger partial charge in [0.1, 0.15) is 0 Å². The van der Waals surface area contributed by atoms with Crippen molar-refractivity contribution in [3.05, 3.63) is 46.8 Å². The average molecular weight is 457 g/mol. The second-order valence-electron chi connectivity index (χ2n) is 8.05. The molecular formula is C23H28N4O4S. The second-order valence-corrected chi connectivity index (χ2v) is 8.99. The van der Waals surface area contributed by atoms with E-state index in [4.69, 9.17) is 4.74 Å². The molecule has 2 fully saturated rings. The van der Waals surface area contributed by atoms with Gasteiger partial charge in [0.25, 0.3) is 11.5 Å². The minimum Gasteiger partial charge on any atom is -0.376 e. The van der Waals surface area contributed by atoms with Crippen molar-refractivity contribution in [1.29, 1.82) is 0 Å². The van der Waals surface area contributed by atoms with Crippen molar-refractivity contribution >= 4 is 34.5 Å². The highest BCUT2D eigenvalue weighted by Crippen LogP contribution is 2.21. The molecule has 3 heterocycles. The van der Waals surface area contributed by atoms with E-state index in [1.54, 1.807) is 24.3 Å². The number of nitrogens with one attached hydrogen (secondary N) is 1. The lowest BCUT2D eigenvalue weighted by Crippen LogP contribution is -2.32. The van der Waals surface area contributed by atoms with Gasteiger partial charge in [-0.15, -0.1) is 6.58 Å². The molecule has 32 heavy (non-hydrogen) atoms. The summed E-state index contributed by atoms with van der Waals surface area (Å²) < 4.78 is 7.07. The molecule has 0 bridgehead atoms. The maximum Gasteiger partial charge on any atom is 0.262 e. The first-order valence-corrected chi connectivity index (χ1v) is 12.0. The molecule has 4 rings (SSSR count). The zero-order chi connectivity index (χ0) is 22.5. The van der Waals surface area contributed by atoms with Crippen LogP contribution in [0, 0.1) is 0 Å². The molecule has 8 nitrogen and oxygen atoms in total. The molecule has 0 aliphatic carbocycles. The van der Waals surface area contributed by atoms with Gasteiger partial charge in [0.2, 0.25) is 5.91 Å². The topological polar surface area (TPSA) is 93.5 Å². The van der Waals surface area contributed by atoms with Gasteiger partial charge in [-0.2, -0.15) is 0 Å². The predicted molar refractivity (Wildman–Crippen MR) is 124 cm³/mol. The lowest BCUT2D eigenvalue weighted by atomic mass is 10.1. The highest BCUT2D eigenvalue weighted by atomic mass is 32.2. The summed E-state index contributed by atoms with van der Waals surface area (Å²) in [6, 6.07) is 4.90. The van der Waals surface area contributed by atoms with Gasteiger partial charge in [0.05, 0.1) is 22.8 Å². The fourth-order valence-corrected chi connectivity index (χ4v) is 4.95. The van der Waals surface area contributed by atoms with E-state index in [0.29, 0.717) is 34.7 Å². The highest BCUT2D eigenvalue weighted by Gasteiger charge is 2.20. The number of fused-ring (bicyclic) bond motifs is 1. The van der Waals surface area contributed by atoms with Crippen molar-refractivity contribution in [1.82, 2.24) is 19.8 Å². The molecule has 1 atom stereocenters. The minimum absolute atomic E-state index is 0.0502. The van der Waals surface area contributed by atoms with E-state index in [0.717, 1.165) is 45.4 Å². The number of carbonyl (C=O) groups excluding carboxylic acids is 2. The smallest absolute Gasteiger partial charge is 0.262 e. The zero-order valence-corrected chi connectivity index (χ0v) is 18.9. The van der Waals surface area contributed by atoms with Crippen molar-refractivity contribution < 1.29 is 14.3 Å². The van der Waals surface area contributed by atoms with E-state index in [-0.39, 0.29) is 29.2 Å². The molecule has 170 valence electrons. The number of allylic oxidation sites excluding steroid dienone is 1. The Morgan fingerprint density at radius 2 is 2.09 bits per heavy atom. The second kappa shape index (κ2) is 10.3. The number of hydrogen-bond acceptors (Lipinski definition) is 6. The number of amides is 2. The van der Waals surface area contributed by atoms with Crippen molar-refractivity contribution in [3.63, 3.8) is 0 Å². The Bertz CT molecular complexity index is 1070. The van der Waals surface area contributed by atoms with Gasteiger partial charge in [0, 0.05) is 38.3 Å². The molecule has 2 amide bonds. The predicted octanol–water partition coefficient (Wildman–Crippen LogP) is 2.21. The first-order chi connectivity index (χ1) is 15.6. The van der Waals surface area contributed by atoms with E-state index in [9.17, 15) is 14.4 Å². The third-order valence-electron chi connectivity index (χ3n) is 5.79. The summed E-state index contributed by atoms with van der Waals surface area (Å²) >= 11 is 1.25. The molecule has 0 radical (unpaired) electrons. The van der Waals surface area contributed by atoms with Gasteiger partial charge in [-0.25, -0.2) is 4.98 Å². The SMILES string of the molecule is C=CCn1c(SCC(=O)N2CCCC2)nc2cc(C(=O)NC[C@H]3CCCO3)ccc2c1=O. The molecule has 9 heteroatoms. The van der Waals surface area contributed by atoms with Crippen LogP contribution in [-0.4, -0.2) is 64.4 Å². The van der Waals surface area contributed by atoms with E-state index in [2.05, 4.69) is 16.9 Å². The molecule has 1 N–H and O–H groups in total. The molecule has 2 saturated heterocycles. The molecule has 2 aliphatic heterocycles. The third-order valence-corrected chi connectivity index (χ3v) is 6.75. The third kappa shape index (κ3) is 5.05. The quantitative estimate of drug-likeness (QED) is 0.372. The van der Waals surface area contributed by atoms with Gasteiger partial charge in [-0.3, -0.25) is 19.0 Å². The van der Waals surface area contributed by atoms with E-state index < -0.39 is 0 Å². The maximum absolute atomic E-state index is 13.1. The normalized spacial score (nSPS) is 18.2. The van der Waals surface area contributed by atoms with Gasteiger partial charge < -0.3 is 15.0 Å². The first kappa shape index (κ1) is 22.5. The molecule has 0 saturated carbocycles. The first-order valence-electron chi connectivity index (χ1n) is 11.0. The van der Waals surface area contributed by atoms with Crippen LogP contribution in [-0.2, 0) is 16.1 Å². The summed E-state index contributed by atoms with van der Waals surface area (Å²) in [5.41, 5.74) is 0.668. The van der Waals surface area contributed by atoms with Crippen molar-refractivity contribution in [2.45, 2.75) is 43.5 Å². The van der Waals surface area contributed by atoms with Crippen molar-refractivity contribution in [3.8, 4) is 0 Å². The number of benzene rings is 1. The standard InChI is InChI=1S/C23H28N4O4S/c1-2-9-27-22(30)18-8-7-16(21(29)24-14-17-6-5-12-31-17)13-19(18)25-23(27)32-15-20(28)26-10-3-4-11-26/h2,7-8,13,17H,1,3-6,9-12,14-15H2,(H,24,29)/t17-/m1/s1. The maximum atomic E-state index is 13.1. The number of ether oxygens (including phenoxy) is 1. The summed E-state index contributed by atoms with van der Waals surface area (Å²) in [5.74, 6) is 0.0450. The van der Waals surface area contributed by atoms with Crippen LogP contribution in [0.4, 0.5) is 0 Å². The Morgan fingerprint density at radius 3 is 2.81 bits per heavy atom. The summed E-state index contributed by atoms with van der Waals surface area (Å²) in [6.07, 6.45) is 5.71. The Balaban J connectivity index is 1.56. The van der Waals surface area contributed by atoms with Crippen LogP contribution in [0.15, 0.2) is 40.8 Å². The lowest BCUT2D eigenvalue weighted by molar-refractivity contribution is -0.127. The number of likely N-dealkylation sites (tertiary alicyclic amines) is 1. The van der Waals surface area contributed by atoms with Gasteiger partial charge in [-0.1, -0.05) is 17.8 Å². The Labute approximate surface area is 191 Å². The lowest BCUT2D eigenvalue weighted by Gasteiger charge is -2.16. The van der Waals surface area contributed by atoms with E-state index in [1.807, 2.05) is 4.90 Å². The van der Waals surface area contributed by atoms with Crippen LogP contribution in [0.25, 0.3) is 10.9 Å². The molecule has 1 aromatic heterocycles. The van der Waals surface area contributed by atoms with E-state index in [1.165, 1.54) is 16.3 Å². The number of carbonyl (C=O) groups is 2. The fraction of sp³-hybridized carbons (Fsp3) is 0.478. The Morgan fingerprint density at radius 1 is 1.28 bits per heavy atom. The number of aromatic nitrogens is 2. The minimum atomic E-state index is -0.224. The number of nitrogens with zero attached hydrogens (tertiary/aromatic N) is 3. The molecule has 0 spiro atoms. The fourth-order valence-electron chi connectivity index (χ4n) is 4.04. The van der Waals surface area contributed by atoms with Crippen LogP contribution >= 0.6 is 11.8 Å². The van der Waals surface area contributed by atoms with Crippen LogP contribution in [0.3, 0.4) is 0 Å². The molecule has 1 aromatic carbocycles. The van der Waals surface area contributed by atoms with Crippen molar-refractivity contribution in [2.24, 2.45) is 0 Å². The number of hydrogen-bond donors (Lipinski definition) is 1. The van der Waals surface area contributed by atoms with Crippen LogP contribution < -0.4 is 10.9 Å². The van der Waals surface area contributed by atoms with E-state index >= 15 is 0 Å². The van der Waals surface area contributed by atoms with Crippen molar-refractivity contribution in [2.75, 3.05) is 32.0 Å². The van der Waals surface area contributed by atoms with Gasteiger partial charge >= 0.3 is 0 Å². The Kier molecular flexibility index (Phi) is 7.26. The Hall–Kier alpha value is -2.65. The largest absolute Gasteiger partial charge is 0.376 e. The number of rotatable bonds is 8. The monoisotopic (exact) mass is 456 g/mol. The summed E-state index contributed by atoms with van der Waals surface area (Å²) in [7, 11) is 0. The number of thioether (sulfide) groups is 1. The molecule has 0 unspecified atom stereocenters.